The van der Waals surface area contributed by atoms with Gasteiger partial charge < -0.3 is 10.5 Å². The SMILES string of the molecule is CC(C)C1CCC(N)C(Oc2ccc3c(c2)CCCC3)C1. The Hall–Kier alpha value is -1.02. The van der Waals surface area contributed by atoms with Gasteiger partial charge in [-0.05, 0) is 80.0 Å². The second kappa shape index (κ2) is 6.39. The van der Waals surface area contributed by atoms with E-state index in [-0.39, 0.29) is 12.1 Å². The van der Waals surface area contributed by atoms with Crippen molar-refractivity contribution >= 4 is 0 Å². The Kier molecular flexibility index (Phi) is 4.54. The molecule has 2 heteroatoms. The van der Waals surface area contributed by atoms with Gasteiger partial charge in [-0.15, -0.1) is 0 Å². The number of benzene rings is 1. The predicted molar refractivity (Wildman–Crippen MR) is 87.7 cm³/mol. The van der Waals surface area contributed by atoms with Crippen molar-refractivity contribution in [1.82, 2.24) is 0 Å². The summed E-state index contributed by atoms with van der Waals surface area (Å²) >= 11 is 0. The lowest BCUT2D eigenvalue weighted by atomic mass is 9.78. The molecule has 0 spiro atoms. The summed E-state index contributed by atoms with van der Waals surface area (Å²) in [6.07, 6.45) is 8.72. The van der Waals surface area contributed by atoms with E-state index in [4.69, 9.17) is 10.5 Å². The van der Waals surface area contributed by atoms with Gasteiger partial charge in [-0.2, -0.15) is 0 Å². The largest absolute Gasteiger partial charge is 0.489 e. The summed E-state index contributed by atoms with van der Waals surface area (Å²) in [4.78, 5) is 0. The molecule has 0 heterocycles. The Morgan fingerprint density at radius 2 is 1.86 bits per heavy atom. The van der Waals surface area contributed by atoms with Gasteiger partial charge in [0.05, 0.1) is 0 Å². The van der Waals surface area contributed by atoms with Crippen LogP contribution in [0.3, 0.4) is 0 Å². The van der Waals surface area contributed by atoms with Crippen molar-refractivity contribution in [3.05, 3.63) is 29.3 Å². The summed E-state index contributed by atoms with van der Waals surface area (Å²) in [6, 6.07) is 6.87. The van der Waals surface area contributed by atoms with Crippen molar-refractivity contribution in [3.8, 4) is 5.75 Å². The van der Waals surface area contributed by atoms with Crippen LogP contribution in [0.1, 0.15) is 57.1 Å². The molecule has 2 nitrogen and oxygen atoms in total. The highest BCUT2D eigenvalue weighted by Gasteiger charge is 2.31. The number of aryl methyl sites for hydroxylation is 2. The molecule has 0 aliphatic heterocycles. The van der Waals surface area contributed by atoms with Crippen LogP contribution in [-0.2, 0) is 12.8 Å². The summed E-state index contributed by atoms with van der Waals surface area (Å²) in [5, 5.41) is 0. The van der Waals surface area contributed by atoms with Gasteiger partial charge in [-0.25, -0.2) is 0 Å². The fourth-order valence-electron chi connectivity index (χ4n) is 3.88. The van der Waals surface area contributed by atoms with E-state index in [9.17, 15) is 0 Å². The van der Waals surface area contributed by atoms with Crippen LogP contribution in [0, 0.1) is 11.8 Å². The van der Waals surface area contributed by atoms with E-state index in [1.807, 2.05) is 0 Å². The quantitative estimate of drug-likeness (QED) is 0.908. The summed E-state index contributed by atoms with van der Waals surface area (Å²) in [5.41, 5.74) is 9.31. The minimum atomic E-state index is 0.188. The van der Waals surface area contributed by atoms with E-state index in [0.29, 0.717) is 0 Å². The first-order valence-corrected chi connectivity index (χ1v) is 8.67. The maximum absolute atomic E-state index is 6.30. The normalized spacial score (nSPS) is 29.2. The van der Waals surface area contributed by atoms with E-state index in [0.717, 1.165) is 30.4 Å². The Bertz CT molecular complexity index is 482. The number of hydrogen-bond acceptors (Lipinski definition) is 2. The Morgan fingerprint density at radius 3 is 2.62 bits per heavy atom. The van der Waals surface area contributed by atoms with Crippen LogP contribution in [0.25, 0.3) is 0 Å². The van der Waals surface area contributed by atoms with E-state index >= 15 is 0 Å². The fraction of sp³-hybridized carbons (Fsp3) is 0.684. The number of ether oxygens (including phenoxy) is 1. The van der Waals surface area contributed by atoms with Gasteiger partial charge in [0.1, 0.15) is 11.9 Å². The van der Waals surface area contributed by atoms with Gasteiger partial charge >= 0.3 is 0 Å². The standard InChI is InChI=1S/C19H29NO/c1-13(2)15-8-10-18(20)19(12-15)21-17-9-7-14-5-3-4-6-16(14)11-17/h7,9,11,13,15,18-19H,3-6,8,10,12,20H2,1-2H3. The third-order valence-electron chi connectivity index (χ3n) is 5.43. The molecule has 1 saturated carbocycles. The molecule has 0 aromatic heterocycles. The van der Waals surface area contributed by atoms with Gasteiger partial charge in [0, 0.05) is 6.04 Å². The molecular weight excluding hydrogens is 258 g/mol. The maximum Gasteiger partial charge on any atom is 0.120 e. The number of hydrogen-bond donors (Lipinski definition) is 1. The zero-order valence-electron chi connectivity index (χ0n) is 13.5. The first-order chi connectivity index (χ1) is 10.1. The minimum absolute atomic E-state index is 0.188. The Balaban J connectivity index is 1.70. The van der Waals surface area contributed by atoms with Crippen molar-refractivity contribution < 1.29 is 4.74 Å². The number of fused-ring (bicyclic) bond motifs is 1. The highest BCUT2D eigenvalue weighted by Crippen LogP contribution is 2.33. The van der Waals surface area contributed by atoms with E-state index in [1.165, 1.54) is 43.2 Å². The smallest absolute Gasteiger partial charge is 0.120 e. The van der Waals surface area contributed by atoms with Crippen molar-refractivity contribution in [2.45, 2.75) is 70.9 Å². The van der Waals surface area contributed by atoms with Crippen LogP contribution >= 0.6 is 0 Å². The second-order valence-electron chi connectivity index (χ2n) is 7.27. The zero-order chi connectivity index (χ0) is 14.8. The monoisotopic (exact) mass is 287 g/mol. The molecule has 3 unspecified atom stereocenters. The summed E-state index contributed by atoms with van der Waals surface area (Å²) in [7, 11) is 0. The molecule has 3 atom stereocenters. The lowest BCUT2D eigenvalue weighted by Gasteiger charge is -2.36. The summed E-state index contributed by atoms with van der Waals surface area (Å²) in [5.74, 6) is 2.51. The van der Waals surface area contributed by atoms with Crippen LogP contribution in [0.15, 0.2) is 18.2 Å². The van der Waals surface area contributed by atoms with Gasteiger partial charge in [-0.1, -0.05) is 19.9 Å². The van der Waals surface area contributed by atoms with Crippen molar-refractivity contribution in [1.29, 1.82) is 0 Å². The van der Waals surface area contributed by atoms with Gasteiger partial charge in [-0.3, -0.25) is 0 Å². The van der Waals surface area contributed by atoms with Gasteiger partial charge in [0.15, 0.2) is 0 Å². The van der Waals surface area contributed by atoms with Gasteiger partial charge in [0.25, 0.3) is 0 Å². The molecule has 2 aliphatic rings. The van der Waals surface area contributed by atoms with E-state index in [1.54, 1.807) is 0 Å². The van der Waals surface area contributed by atoms with Crippen molar-refractivity contribution in [2.24, 2.45) is 17.6 Å². The predicted octanol–water partition coefficient (Wildman–Crippen LogP) is 4.10. The molecule has 0 amide bonds. The fourth-order valence-corrected chi connectivity index (χ4v) is 3.88. The molecule has 1 fully saturated rings. The first-order valence-electron chi connectivity index (χ1n) is 8.67. The van der Waals surface area contributed by atoms with Crippen LogP contribution in [0.5, 0.6) is 5.75 Å². The zero-order valence-corrected chi connectivity index (χ0v) is 13.5. The molecule has 0 radical (unpaired) electrons. The second-order valence-corrected chi connectivity index (χ2v) is 7.27. The lowest BCUT2D eigenvalue weighted by molar-refractivity contribution is 0.0867. The van der Waals surface area contributed by atoms with Gasteiger partial charge in [0.2, 0.25) is 0 Å². The lowest BCUT2D eigenvalue weighted by Crippen LogP contribution is -2.44. The molecule has 2 N–H and O–H groups in total. The number of rotatable bonds is 3. The summed E-state index contributed by atoms with van der Waals surface area (Å²) in [6.45, 7) is 4.63. The third-order valence-corrected chi connectivity index (χ3v) is 5.43. The highest BCUT2D eigenvalue weighted by molar-refractivity contribution is 5.37. The third kappa shape index (κ3) is 3.42. The van der Waals surface area contributed by atoms with Crippen LogP contribution in [0.4, 0.5) is 0 Å². The maximum atomic E-state index is 6.30. The Morgan fingerprint density at radius 1 is 1.10 bits per heavy atom. The van der Waals surface area contributed by atoms with Crippen LogP contribution < -0.4 is 10.5 Å². The molecule has 1 aromatic carbocycles. The average molecular weight is 287 g/mol. The van der Waals surface area contributed by atoms with E-state index < -0.39 is 0 Å². The molecule has 116 valence electrons. The molecule has 1 aromatic rings. The molecule has 2 aliphatic carbocycles. The average Bonchev–Trinajstić information content (AvgIpc) is 2.49. The molecule has 0 bridgehead atoms. The van der Waals surface area contributed by atoms with E-state index in [2.05, 4.69) is 32.0 Å². The van der Waals surface area contributed by atoms with Crippen LogP contribution in [-0.4, -0.2) is 12.1 Å². The molecule has 3 rings (SSSR count). The molecule has 0 saturated heterocycles. The summed E-state index contributed by atoms with van der Waals surface area (Å²) < 4.78 is 6.29. The van der Waals surface area contributed by atoms with Crippen molar-refractivity contribution in [3.63, 3.8) is 0 Å². The highest BCUT2D eigenvalue weighted by atomic mass is 16.5. The topological polar surface area (TPSA) is 35.2 Å². The first kappa shape index (κ1) is 14.9. The molecule has 21 heavy (non-hydrogen) atoms. The van der Waals surface area contributed by atoms with Crippen LogP contribution in [0.2, 0.25) is 0 Å². The number of nitrogens with two attached hydrogens (primary N) is 1. The van der Waals surface area contributed by atoms with Crippen molar-refractivity contribution in [2.75, 3.05) is 0 Å². The minimum Gasteiger partial charge on any atom is -0.489 e. The Labute approximate surface area is 129 Å². The molecular formula is C19H29NO.